The highest BCUT2D eigenvalue weighted by Gasteiger charge is 2.11. The molecule has 0 aliphatic rings. The van der Waals surface area contributed by atoms with Crippen LogP contribution in [-0.2, 0) is 10.5 Å². The number of hydrogen-bond acceptors (Lipinski definition) is 4. The Morgan fingerprint density at radius 1 is 1.28 bits per heavy atom. The van der Waals surface area contributed by atoms with Crippen LogP contribution < -0.4 is 0 Å². The average Bonchev–Trinajstić information content (AvgIpc) is 2.86. The Balaban J connectivity index is 2.01. The Bertz CT molecular complexity index is 545. The summed E-state index contributed by atoms with van der Waals surface area (Å²) in [7, 11) is 1.34. The molecule has 0 atom stereocenters. The summed E-state index contributed by atoms with van der Waals surface area (Å²) >= 11 is 1.56. The summed E-state index contributed by atoms with van der Waals surface area (Å²) in [4.78, 5) is 11.2. The van der Waals surface area contributed by atoms with Gasteiger partial charge in [0.25, 0.3) is 0 Å². The van der Waals surface area contributed by atoms with Crippen LogP contribution in [0.4, 0.5) is 0 Å². The topological polar surface area (TPSA) is 39.4 Å². The molecule has 0 fully saturated rings. The highest BCUT2D eigenvalue weighted by molar-refractivity contribution is 7.98. The van der Waals surface area contributed by atoms with Gasteiger partial charge in [-0.3, -0.25) is 0 Å². The van der Waals surface area contributed by atoms with Crippen LogP contribution in [0.3, 0.4) is 0 Å². The Kier molecular flexibility index (Phi) is 4.10. The van der Waals surface area contributed by atoms with Crippen LogP contribution in [0.15, 0.2) is 45.9 Å². The number of esters is 1. The van der Waals surface area contributed by atoms with Gasteiger partial charge in [-0.1, -0.05) is 36.0 Å². The molecule has 0 bridgehead atoms. The second kappa shape index (κ2) is 5.78. The normalized spacial score (nSPS) is 10.3. The maximum Gasteiger partial charge on any atom is 0.373 e. The summed E-state index contributed by atoms with van der Waals surface area (Å²) < 4.78 is 9.98. The molecule has 1 aromatic heterocycles. The number of carbonyl (C=O) groups excluding carboxylic acids is 1. The minimum Gasteiger partial charge on any atom is -0.463 e. The van der Waals surface area contributed by atoms with Crippen molar-refractivity contribution in [1.82, 2.24) is 0 Å². The highest BCUT2D eigenvalue weighted by Crippen LogP contribution is 2.26. The molecule has 2 aromatic rings. The number of thioether (sulfide) groups is 1. The van der Waals surface area contributed by atoms with E-state index in [1.165, 1.54) is 18.2 Å². The van der Waals surface area contributed by atoms with Crippen molar-refractivity contribution in [2.75, 3.05) is 7.11 Å². The zero-order chi connectivity index (χ0) is 13.0. The van der Waals surface area contributed by atoms with Crippen LogP contribution in [-0.4, -0.2) is 13.1 Å². The van der Waals surface area contributed by atoms with Gasteiger partial charge in [0.15, 0.2) is 5.09 Å². The van der Waals surface area contributed by atoms with Crippen LogP contribution in [0, 0.1) is 6.92 Å². The van der Waals surface area contributed by atoms with Crippen LogP contribution in [0.1, 0.15) is 21.7 Å². The van der Waals surface area contributed by atoms with Gasteiger partial charge in [0.05, 0.1) is 7.11 Å². The molecule has 0 amide bonds. The second-order valence-corrected chi connectivity index (χ2v) is 4.81. The smallest absolute Gasteiger partial charge is 0.373 e. The Labute approximate surface area is 110 Å². The van der Waals surface area contributed by atoms with Gasteiger partial charge in [0.2, 0.25) is 5.76 Å². The summed E-state index contributed by atoms with van der Waals surface area (Å²) in [5, 5.41) is 0.721. The van der Waals surface area contributed by atoms with Gasteiger partial charge in [-0.2, -0.15) is 0 Å². The van der Waals surface area contributed by atoms with E-state index < -0.39 is 5.97 Å². The van der Waals surface area contributed by atoms with Gasteiger partial charge >= 0.3 is 5.97 Å². The number of aryl methyl sites for hydroxylation is 1. The van der Waals surface area contributed by atoms with Crippen LogP contribution in [0.25, 0.3) is 0 Å². The van der Waals surface area contributed by atoms with Crippen molar-refractivity contribution < 1.29 is 13.9 Å². The van der Waals surface area contributed by atoms with Crippen molar-refractivity contribution in [1.29, 1.82) is 0 Å². The number of carbonyl (C=O) groups is 1. The minimum absolute atomic E-state index is 0.241. The van der Waals surface area contributed by atoms with E-state index in [9.17, 15) is 4.79 Å². The van der Waals surface area contributed by atoms with Gasteiger partial charge in [-0.15, -0.1) is 0 Å². The SMILES string of the molecule is COC(=O)c1ccc(SCc2ccccc2C)o1. The third kappa shape index (κ3) is 2.96. The van der Waals surface area contributed by atoms with Crippen LogP contribution >= 0.6 is 11.8 Å². The van der Waals surface area contributed by atoms with Crippen molar-refractivity contribution in [2.45, 2.75) is 17.8 Å². The zero-order valence-corrected chi connectivity index (χ0v) is 11.1. The maximum absolute atomic E-state index is 11.2. The third-order valence-corrected chi connectivity index (χ3v) is 3.56. The molecule has 1 aromatic carbocycles. The molecule has 18 heavy (non-hydrogen) atoms. The van der Waals surface area contributed by atoms with E-state index >= 15 is 0 Å². The molecule has 0 N–H and O–H groups in total. The van der Waals surface area contributed by atoms with Crippen molar-refractivity contribution in [2.24, 2.45) is 0 Å². The van der Waals surface area contributed by atoms with Gasteiger partial charge in [-0.05, 0) is 30.2 Å². The van der Waals surface area contributed by atoms with E-state index in [0.717, 1.165) is 10.8 Å². The summed E-state index contributed by atoms with van der Waals surface area (Å²) in [6, 6.07) is 11.6. The van der Waals surface area contributed by atoms with E-state index in [2.05, 4.69) is 23.8 Å². The highest BCUT2D eigenvalue weighted by atomic mass is 32.2. The lowest BCUT2D eigenvalue weighted by Gasteiger charge is -2.03. The first kappa shape index (κ1) is 12.8. The summed E-state index contributed by atoms with van der Waals surface area (Å²) in [5.74, 6) is 0.614. The molecular formula is C14H14O3S. The Morgan fingerprint density at radius 3 is 2.78 bits per heavy atom. The van der Waals surface area contributed by atoms with Gasteiger partial charge < -0.3 is 9.15 Å². The van der Waals surface area contributed by atoms with Crippen molar-refractivity contribution in [3.8, 4) is 0 Å². The Morgan fingerprint density at radius 2 is 2.06 bits per heavy atom. The average molecular weight is 262 g/mol. The lowest BCUT2D eigenvalue weighted by atomic mass is 10.1. The predicted octanol–water partition coefficient (Wildman–Crippen LogP) is 3.67. The fourth-order valence-corrected chi connectivity index (χ4v) is 2.46. The van der Waals surface area contributed by atoms with Crippen molar-refractivity contribution >= 4 is 17.7 Å². The first-order chi connectivity index (χ1) is 8.70. The number of methoxy groups -OCH3 is 1. The number of ether oxygens (including phenoxy) is 1. The van der Waals surface area contributed by atoms with E-state index in [-0.39, 0.29) is 5.76 Å². The van der Waals surface area contributed by atoms with E-state index in [0.29, 0.717) is 0 Å². The molecule has 0 aliphatic heterocycles. The first-order valence-electron chi connectivity index (χ1n) is 5.56. The molecule has 0 saturated carbocycles. The molecule has 2 rings (SSSR count). The predicted molar refractivity (Wildman–Crippen MR) is 70.8 cm³/mol. The van der Waals surface area contributed by atoms with Crippen molar-refractivity contribution in [3.63, 3.8) is 0 Å². The minimum atomic E-state index is -0.447. The second-order valence-electron chi connectivity index (χ2n) is 3.83. The molecule has 4 heteroatoms. The molecule has 94 valence electrons. The number of benzene rings is 1. The van der Waals surface area contributed by atoms with Crippen molar-refractivity contribution in [3.05, 3.63) is 53.3 Å². The molecule has 1 heterocycles. The number of furan rings is 1. The number of hydrogen-bond donors (Lipinski definition) is 0. The maximum atomic E-state index is 11.2. The van der Waals surface area contributed by atoms with Crippen LogP contribution in [0.5, 0.6) is 0 Å². The summed E-state index contributed by atoms with van der Waals surface area (Å²) in [6.07, 6.45) is 0. The molecule has 0 radical (unpaired) electrons. The fraction of sp³-hybridized carbons (Fsp3) is 0.214. The third-order valence-electron chi connectivity index (χ3n) is 2.60. The van der Waals surface area contributed by atoms with E-state index in [1.54, 1.807) is 23.9 Å². The standard InChI is InChI=1S/C14H14O3S/c1-10-5-3-4-6-11(10)9-18-13-8-7-12(17-13)14(15)16-2/h3-8H,9H2,1-2H3. The first-order valence-corrected chi connectivity index (χ1v) is 6.54. The van der Waals surface area contributed by atoms with Gasteiger partial charge in [-0.25, -0.2) is 4.79 Å². The van der Waals surface area contributed by atoms with E-state index in [1.807, 2.05) is 12.1 Å². The fourth-order valence-electron chi connectivity index (χ4n) is 1.53. The molecule has 0 aliphatic carbocycles. The molecule has 0 saturated heterocycles. The lowest BCUT2D eigenvalue weighted by molar-refractivity contribution is 0.0559. The van der Waals surface area contributed by atoms with E-state index in [4.69, 9.17) is 4.42 Å². The molecular weight excluding hydrogens is 248 g/mol. The number of rotatable bonds is 4. The van der Waals surface area contributed by atoms with Gasteiger partial charge in [0.1, 0.15) is 0 Å². The molecule has 0 unspecified atom stereocenters. The Hall–Kier alpha value is -1.68. The van der Waals surface area contributed by atoms with Crippen LogP contribution in [0.2, 0.25) is 0 Å². The lowest BCUT2D eigenvalue weighted by Crippen LogP contribution is -1.98. The van der Waals surface area contributed by atoms with Gasteiger partial charge in [0, 0.05) is 5.75 Å². The molecule has 0 spiro atoms. The monoisotopic (exact) mass is 262 g/mol. The quantitative estimate of drug-likeness (QED) is 0.622. The zero-order valence-electron chi connectivity index (χ0n) is 10.3. The largest absolute Gasteiger partial charge is 0.463 e. The summed E-state index contributed by atoms with van der Waals surface area (Å²) in [5.41, 5.74) is 2.52. The molecule has 3 nitrogen and oxygen atoms in total. The summed E-state index contributed by atoms with van der Waals surface area (Å²) in [6.45, 7) is 2.08.